The Balaban J connectivity index is 2.19. The van der Waals surface area contributed by atoms with Crippen molar-refractivity contribution in [2.45, 2.75) is 6.61 Å². The van der Waals surface area contributed by atoms with E-state index in [4.69, 9.17) is 15.2 Å². The lowest BCUT2D eigenvalue weighted by molar-refractivity contribution is 0.0693. The van der Waals surface area contributed by atoms with Gasteiger partial charge in [0.1, 0.15) is 23.7 Å². The van der Waals surface area contributed by atoms with E-state index in [2.05, 4.69) is 15.9 Å². The number of benzene rings is 2. The molecule has 3 N–H and O–H groups in total. The van der Waals surface area contributed by atoms with Crippen LogP contribution in [-0.2, 0) is 6.61 Å². The van der Waals surface area contributed by atoms with Crippen molar-refractivity contribution < 1.29 is 19.4 Å². The van der Waals surface area contributed by atoms with E-state index in [9.17, 15) is 9.90 Å². The van der Waals surface area contributed by atoms with Gasteiger partial charge in [0.25, 0.3) is 0 Å². The van der Waals surface area contributed by atoms with E-state index >= 15 is 0 Å². The van der Waals surface area contributed by atoms with Crippen LogP contribution in [0.15, 0.2) is 40.9 Å². The first-order valence-corrected chi connectivity index (χ1v) is 6.89. The molecule has 0 unspecified atom stereocenters. The summed E-state index contributed by atoms with van der Waals surface area (Å²) in [6.45, 7) is 0.228. The summed E-state index contributed by atoms with van der Waals surface area (Å²) in [5, 5.41) is 9.17. The molecule has 0 fully saturated rings. The molecule has 2 aromatic carbocycles. The van der Waals surface area contributed by atoms with Gasteiger partial charge in [0, 0.05) is 5.69 Å². The minimum atomic E-state index is -1.11. The molecule has 0 radical (unpaired) electrons. The average Bonchev–Trinajstić information content (AvgIpc) is 2.44. The number of carboxylic acid groups (broad SMARTS) is 1. The molecule has 0 aliphatic heterocycles. The van der Waals surface area contributed by atoms with Gasteiger partial charge in [-0.15, -0.1) is 0 Å². The number of carboxylic acids is 1. The van der Waals surface area contributed by atoms with Crippen LogP contribution in [0, 0.1) is 0 Å². The third kappa shape index (κ3) is 3.46. The SMILES string of the molecule is COc1ccc(COc2cccc(N)c2C(=O)O)cc1Br. The Hall–Kier alpha value is -2.21. The van der Waals surface area contributed by atoms with Crippen molar-refractivity contribution in [2.75, 3.05) is 12.8 Å². The number of anilines is 1. The van der Waals surface area contributed by atoms with E-state index in [1.54, 1.807) is 25.3 Å². The zero-order valence-corrected chi connectivity index (χ0v) is 12.9. The zero-order valence-electron chi connectivity index (χ0n) is 11.3. The lowest BCUT2D eigenvalue weighted by atomic mass is 10.1. The molecule has 6 heteroatoms. The molecule has 21 heavy (non-hydrogen) atoms. The number of hydrogen-bond acceptors (Lipinski definition) is 4. The van der Waals surface area contributed by atoms with Gasteiger partial charge in [-0.25, -0.2) is 4.79 Å². The van der Waals surface area contributed by atoms with Crippen LogP contribution in [-0.4, -0.2) is 18.2 Å². The number of aromatic carboxylic acids is 1. The van der Waals surface area contributed by atoms with Gasteiger partial charge >= 0.3 is 5.97 Å². The van der Waals surface area contributed by atoms with Gasteiger partial charge in [-0.2, -0.15) is 0 Å². The predicted molar refractivity (Wildman–Crippen MR) is 82.8 cm³/mol. The summed E-state index contributed by atoms with van der Waals surface area (Å²) < 4.78 is 11.5. The molecule has 0 amide bonds. The van der Waals surface area contributed by atoms with E-state index in [0.717, 1.165) is 10.0 Å². The minimum Gasteiger partial charge on any atom is -0.496 e. The number of nitrogen functional groups attached to an aromatic ring is 1. The summed E-state index contributed by atoms with van der Waals surface area (Å²) in [4.78, 5) is 11.2. The number of hydrogen-bond donors (Lipinski definition) is 2. The van der Waals surface area contributed by atoms with Crippen LogP contribution in [0.1, 0.15) is 15.9 Å². The third-order valence-electron chi connectivity index (χ3n) is 2.88. The number of halogens is 1. The van der Waals surface area contributed by atoms with Gasteiger partial charge in [0.05, 0.1) is 11.6 Å². The van der Waals surface area contributed by atoms with Crippen LogP contribution in [0.25, 0.3) is 0 Å². The Morgan fingerprint density at radius 1 is 1.29 bits per heavy atom. The van der Waals surface area contributed by atoms with Gasteiger partial charge in [-0.3, -0.25) is 0 Å². The van der Waals surface area contributed by atoms with Crippen LogP contribution in [0.4, 0.5) is 5.69 Å². The molecule has 0 aliphatic rings. The predicted octanol–water partition coefficient (Wildman–Crippen LogP) is 3.32. The van der Waals surface area contributed by atoms with Crippen LogP contribution in [0.5, 0.6) is 11.5 Å². The first-order chi connectivity index (χ1) is 10.0. The summed E-state index contributed by atoms with van der Waals surface area (Å²) in [6, 6.07) is 10.3. The molecular weight excluding hydrogens is 338 g/mol. The highest BCUT2D eigenvalue weighted by Gasteiger charge is 2.15. The maximum Gasteiger partial charge on any atom is 0.341 e. The lowest BCUT2D eigenvalue weighted by Gasteiger charge is -2.11. The second kappa shape index (κ2) is 6.49. The fourth-order valence-electron chi connectivity index (χ4n) is 1.86. The highest BCUT2D eigenvalue weighted by molar-refractivity contribution is 9.10. The summed E-state index contributed by atoms with van der Waals surface area (Å²) in [5.41, 5.74) is 6.70. The third-order valence-corrected chi connectivity index (χ3v) is 3.50. The summed E-state index contributed by atoms with van der Waals surface area (Å²) in [5.74, 6) is -0.151. The molecule has 0 atom stereocenters. The Labute approximate surface area is 130 Å². The van der Waals surface area contributed by atoms with Gasteiger partial charge in [0.2, 0.25) is 0 Å². The Morgan fingerprint density at radius 2 is 2.05 bits per heavy atom. The van der Waals surface area contributed by atoms with Gasteiger partial charge in [-0.1, -0.05) is 12.1 Å². The van der Waals surface area contributed by atoms with Crippen molar-refractivity contribution in [2.24, 2.45) is 0 Å². The van der Waals surface area contributed by atoms with E-state index in [0.29, 0.717) is 5.75 Å². The van der Waals surface area contributed by atoms with Crippen molar-refractivity contribution in [1.82, 2.24) is 0 Å². The second-order valence-electron chi connectivity index (χ2n) is 4.28. The van der Waals surface area contributed by atoms with Crippen molar-refractivity contribution >= 4 is 27.6 Å². The van der Waals surface area contributed by atoms with Crippen molar-refractivity contribution in [3.8, 4) is 11.5 Å². The topological polar surface area (TPSA) is 81.8 Å². The van der Waals surface area contributed by atoms with E-state index in [1.165, 1.54) is 6.07 Å². The molecule has 0 saturated carbocycles. The van der Waals surface area contributed by atoms with E-state index < -0.39 is 5.97 Å². The summed E-state index contributed by atoms with van der Waals surface area (Å²) in [7, 11) is 1.59. The maximum atomic E-state index is 11.2. The number of nitrogens with two attached hydrogens (primary N) is 1. The normalized spacial score (nSPS) is 10.2. The molecular formula is C15H14BrNO4. The number of ether oxygens (including phenoxy) is 2. The number of carbonyl (C=O) groups is 1. The lowest BCUT2D eigenvalue weighted by Crippen LogP contribution is -2.07. The highest BCUT2D eigenvalue weighted by atomic mass is 79.9. The Kier molecular flexibility index (Phi) is 4.70. The number of methoxy groups -OCH3 is 1. The Bertz CT molecular complexity index is 673. The monoisotopic (exact) mass is 351 g/mol. The smallest absolute Gasteiger partial charge is 0.341 e. The average molecular weight is 352 g/mol. The second-order valence-corrected chi connectivity index (χ2v) is 5.14. The van der Waals surface area contributed by atoms with Crippen LogP contribution >= 0.6 is 15.9 Å². The first-order valence-electron chi connectivity index (χ1n) is 6.10. The van der Waals surface area contributed by atoms with Crippen molar-refractivity contribution in [3.05, 3.63) is 52.0 Å². The van der Waals surface area contributed by atoms with Crippen LogP contribution in [0.2, 0.25) is 0 Å². The molecule has 0 bridgehead atoms. The molecule has 5 nitrogen and oxygen atoms in total. The molecule has 0 heterocycles. The highest BCUT2D eigenvalue weighted by Crippen LogP contribution is 2.28. The van der Waals surface area contributed by atoms with Crippen LogP contribution in [0.3, 0.4) is 0 Å². The van der Waals surface area contributed by atoms with E-state index in [-0.39, 0.29) is 23.6 Å². The van der Waals surface area contributed by atoms with Crippen LogP contribution < -0.4 is 15.2 Å². The molecule has 0 spiro atoms. The fraction of sp³-hybridized carbons (Fsp3) is 0.133. The quantitative estimate of drug-likeness (QED) is 0.807. The Morgan fingerprint density at radius 3 is 2.67 bits per heavy atom. The molecule has 0 saturated heterocycles. The minimum absolute atomic E-state index is 0.0231. The standard InChI is InChI=1S/C15H14BrNO4/c1-20-12-6-5-9(7-10(12)16)8-21-13-4-2-3-11(17)14(13)15(18)19/h2-7H,8,17H2,1H3,(H,18,19). The van der Waals surface area contributed by atoms with Gasteiger partial charge < -0.3 is 20.3 Å². The number of rotatable bonds is 5. The molecule has 0 aliphatic carbocycles. The zero-order chi connectivity index (χ0) is 15.4. The first kappa shape index (κ1) is 15.2. The molecule has 2 rings (SSSR count). The summed E-state index contributed by atoms with van der Waals surface area (Å²) >= 11 is 3.39. The van der Waals surface area contributed by atoms with E-state index in [1.807, 2.05) is 12.1 Å². The maximum absolute atomic E-state index is 11.2. The van der Waals surface area contributed by atoms with Gasteiger partial charge in [-0.05, 0) is 45.8 Å². The largest absolute Gasteiger partial charge is 0.496 e. The van der Waals surface area contributed by atoms with Crippen molar-refractivity contribution in [1.29, 1.82) is 0 Å². The fourth-order valence-corrected chi connectivity index (χ4v) is 2.45. The van der Waals surface area contributed by atoms with Crippen molar-refractivity contribution in [3.63, 3.8) is 0 Å². The molecule has 2 aromatic rings. The summed E-state index contributed by atoms with van der Waals surface area (Å²) in [6.07, 6.45) is 0. The molecule has 110 valence electrons. The molecule has 0 aromatic heterocycles. The van der Waals surface area contributed by atoms with Gasteiger partial charge in [0.15, 0.2) is 0 Å².